The minimum Gasteiger partial charge on any atom is -0.462 e. The summed E-state index contributed by atoms with van der Waals surface area (Å²) in [4.78, 5) is 60.1. The Morgan fingerprint density at radius 1 is 1.23 bits per heavy atom. The van der Waals surface area contributed by atoms with Crippen molar-refractivity contribution >= 4 is 50.3 Å². The first-order valence-electron chi connectivity index (χ1n) is 11.3. The van der Waals surface area contributed by atoms with Gasteiger partial charge in [0, 0.05) is 25.8 Å². The van der Waals surface area contributed by atoms with Gasteiger partial charge in [-0.1, -0.05) is 11.3 Å². The summed E-state index contributed by atoms with van der Waals surface area (Å²) in [5.41, 5.74) is 0.836. The van der Waals surface area contributed by atoms with Crippen LogP contribution in [0.4, 0.5) is 10.8 Å². The van der Waals surface area contributed by atoms with Gasteiger partial charge >= 0.3 is 5.97 Å². The molecule has 3 heterocycles. The fourth-order valence-electron chi connectivity index (χ4n) is 3.91. The van der Waals surface area contributed by atoms with Gasteiger partial charge < -0.3 is 20.3 Å². The van der Waals surface area contributed by atoms with E-state index in [-0.39, 0.29) is 30.5 Å². The van der Waals surface area contributed by atoms with E-state index in [1.54, 1.807) is 38.2 Å². The second-order valence-corrected chi connectivity index (χ2v) is 9.05. The molecule has 0 aliphatic carbocycles. The van der Waals surface area contributed by atoms with Crippen LogP contribution in [-0.2, 0) is 20.9 Å². The normalized spacial score (nSPS) is 15.6. The third-order valence-electron chi connectivity index (χ3n) is 5.68. The molecule has 2 aromatic heterocycles. The van der Waals surface area contributed by atoms with Gasteiger partial charge in [-0.2, -0.15) is 4.98 Å². The van der Waals surface area contributed by atoms with Crippen LogP contribution in [0.1, 0.15) is 30.1 Å². The van der Waals surface area contributed by atoms with Crippen molar-refractivity contribution in [2.75, 3.05) is 37.0 Å². The Hall–Kier alpha value is -3.80. The largest absolute Gasteiger partial charge is 0.462 e. The molecule has 1 aliphatic heterocycles. The summed E-state index contributed by atoms with van der Waals surface area (Å²) in [5.74, 6) is -0.974. The van der Waals surface area contributed by atoms with Crippen LogP contribution in [0.3, 0.4) is 0 Å². The lowest BCUT2D eigenvalue weighted by Gasteiger charge is -2.31. The molecule has 1 atom stereocenters. The van der Waals surface area contributed by atoms with Crippen LogP contribution in [0.25, 0.3) is 10.3 Å². The maximum Gasteiger partial charge on any atom is 0.338 e. The molecule has 1 saturated heterocycles. The second kappa shape index (κ2) is 10.6. The highest BCUT2D eigenvalue weighted by atomic mass is 32.1. The lowest BCUT2D eigenvalue weighted by Crippen LogP contribution is -2.42. The van der Waals surface area contributed by atoms with Gasteiger partial charge in [0.1, 0.15) is 17.6 Å². The van der Waals surface area contributed by atoms with E-state index in [4.69, 9.17) is 4.74 Å². The zero-order valence-electron chi connectivity index (χ0n) is 19.4. The molecule has 11 nitrogen and oxygen atoms in total. The van der Waals surface area contributed by atoms with Gasteiger partial charge in [0.15, 0.2) is 10.8 Å². The van der Waals surface area contributed by atoms with Crippen molar-refractivity contribution in [1.29, 1.82) is 0 Å². The van der Waals surface area contributed by atoms with E-state index in [0.717, 1.165) is 19.4 Å². The maximum atomic E-state index is 13.0. The van der Waals surface area contributed by atoms with Gasteiger partial charge in [-0.15, -0.1) is 0 Å². The molecule has 2 amide bonds. The highest BCUT2D eigenvalue weighted by Crippen LogP contribution is 2.29. The molecule has 0 radical (unpaired) electrons. The standard InChI is InChI=1S/C23H26N6O5S/c1-3-34-22(33)14-6-8-16(9-7-14)26-17(30)12-29-13-25-19-18(21(29)32)35-23(27-19)28-10-4-5-15(11-28)20(31)24-2/h6-9,13,15H,3-5,10-12H2,1-2H3,(H,24,31)(H,26,30)/t15-/m0/s1. The molecule has 0 spiro atoms. The highest BCUT2D eigenvalue weighted by Gasteiger charge is 2.27. The summed E-state index contributed by atoms with van der Waals surface area (Å²) < 4.78 is 6.53. The van der Waals surface area contributed by atoms with Crippen molar-refractivity contribution in [3.8, 4) is 0 Å². The summed E-state index contributed by atoms with van der Waals surface area (Å²) in [6, 6.07) is 6.30. The monoisotopic (exact) mass is 498 g/mol. The zero-order valence-corrected chi connectivity index (χ0v) is 20.3. The smallest absolute Gasteiger partial charge is 0.338 e. The van der Waals surface area contributed by atoms with Gasteiger partial charge in [0.25, 0.3) is 5.56 Å². The molecule has 184 valence electrons. The number of carbonyl (C=O) groups is 3. The topological polar surface area (TPSA) is 136 Å². The number of fused-ring (bicyclic) bond motifs is 1. The van der Waals surface area contributed by atoms with Gasteiger partial charge in [-0.3, -0.25) is 19.0 Å². The number of nitrogens with zero attached hydrogens (tertiary/aromatic N) is 4. The van der Waals surface area contributed by atoms with E-state index in [0.29, 0.717) is 33.3 Å². The quantitative estimate of drug-likeness (QED) is 0.469. The molecule has 1 fully saturated rings. The van der Waals surface area contributed by atoms with Crippen LogP contribution in [0.15, 0.2) is 35.4 Å². The number of ether oxygens (including phenoxy) is 1. The number of anilines is 2. The van der Waals surface area contributed by atoms with Crippen LogP contribution in [0, 0.1) is 5.92 Å². The Kier molecular flexibility index (Phi) is 7.39. The van der Waals surface area contributed by atoms with Crippen molar-refractivity contribution in [1.82, 2.24) is 19.9 Å². The maximum absolute atomic E-state index is 13.0. The van der Waals surface area contributed by atoms with Gasteiger partial charge in [0.05, 0.1) is 18.1 Å². The molecular formula is C23H26N6O5S. The third kappa shape index (κ3) is 5.48. The number of benzene rings is 1. The SMILES string of the molecule is CCOC(=O)c1ccc(NC(=O)Cn2cnc3nc(N4CCC[C@H](C(=O)NC)C4)sc3c2=O)cc1. The number of hydrogen-bond acceptors (Lipinski definition) is 9. The number of esters is 1. The second-order valence-electron chi connectivity index (χ2n) is 8.07. The molecule has 0 saturated carbocycles. The van der Waals surface area contributed by atoms with Gasteiger partial charge in [-0.25, -0.2) is 9.78 Å². The van der Waals surface area contributed by atoms with E-state index >= 15 is 0 Å². The fraction of sp³-hybridized carbons (Fsp3) is 0.391. The highest BCUT2D eigenvalue weighted by molar-refractivity contribution is 7.22. The Labute approximate surface area is 205 Å². The first-order chi connectivity index (χ1) is 16.9. The summed E-state index contributed by atoms with van der Waals surface area (Å²) in [6.07, 6.45) is 2.97. The Morgan fingerprint density at radius 2 is 2.00 bits per heavy atom. The van der Waals surface area contributed by atoms with Crippen molar-refractivity contribution < 1.29 is 19.1 Å². The molecular weight excluding hydrogens is 472 g/mol. The van der Waals surface area contributed by atoms with E-state index in [2.05, 4.69) is 20.6 Å². The predicted octanol–water partition coefficient (Wildman–Crippen LogP) is 1.63. The minimum absolute atomic E-state index is 0.00200. The lowest BCUT2D eigenvalue weighted by atomic mass is 9.98. The van der Waals surface area contributed by atoms with Crippen LogP contribution in [-0.4, -0.2) is 59.1 Å². The van der Waals surface area contributed by atoms with Crippen molar-refractivity contribution in [2.24, 2.45) is 5.92 Å². The molecule has 2 N–H and O–H groups in total. The Morgan fingerprint density at radius 3 is 2.71 bits per heavy atom. The summed E-state index contributed by atoms with van der Waals surface area (Å²) >= 11 is 1.22. The molecule has 35 heavy (non-hydrogen) atoms. The first-order valence-corrected chi connectivity index (χ1v) is 12.1. The fourth-order valence-corrected chi connectivity index (χ4v) is 4.92. The van der Waals surface area contributed by atoms with Crippen LogP contribution < -0.4 is 21.1 Å². The number of nitrogens with one attached hydrogen (secondary N) is 2. The van der Waals surface area contributed by atoms with E-state index in [9.17, 15) is 19.2 Å². The molecule has 3 aromatic rings. The van der Waals surface area contributed by atoms with Gasteiger partial charge in [0.2, 0.25) is 11.8 Å². The third-order valence-corrected chi connectivity index (χ3v) is 6.77. The number of hydrogen-bond donors (Lipinski definition) is 2. The number of piperidine rings is 1. The van der Waals surface area contributed by atoms with Crippen LogP contribution in [0.2, 0.25) is 0 Å². The average molecular weight is 499 g/mol. The summed E-state index contributed by atoms with van der Waals surface area (Å²) in [5, 5.41) is 6.04. The van der Waals surface area contributed by atoms with Gasteiger partial charge in [-0.05, 0) is 44.0 Å². The zero-order chi connectivity index (χ0) is 24.9. The number of rotatable bonds is 7. The Bertz CT molecular complexity index is 1300. The first kappa shape index (κ1) is 24.3. The van der Waals surface area contributed by atoms with Crippen molar-refractivity contribution in [3.63, 3.8) is 0 Å². The molecule has 4 rings (SSSR count). The molecule has 0 bridgehead atoms. The summed E-state index contributed by atoms with van der Waals surface area (Å²) in [7, 11) is 1.63. The number of thiazole rings is 1. The number of aromatic nitrogens is 3. The van der Waals surface area contributed by atoms with Crippen molar-refractivity contribution in [3.05, 3.63) is 46.5 Å². The predicted molar refractivity (Wildman–Crippen MR) is 132 cm³/mol. The van der Waals surface area contributed by atoms with Crippen LogP contribution in [0.5, 0.6) is 0 Å². The number of amides is 2. The van der Waals surface area contributed by atoms with Crippen molar-refractivity contribution in [2.45, 2.75) is 26.3 Å². The lowest BCUT2D eigenvalue weighted by molar-refractivity contribution is -0.124. The van der Waals surface area contributed by atoms with E-state index in [1.165, 1.54) is 22.2 Å². The molecule has 1 aromatic carbocycles. The molecule has 12 heteroatoms. The average Bonchev–Trinajstić information content (AvgIpc) is 3.31. The summed E-state index contributed by atoms with van der Waals surface area (Å²) in [6.45, 7) is 3.06. The Balaban J connectivity index is 1.45. The molecule has 0 unspecified atom stereocenters. The van der Waals surface area contributed by atoms with E-state index in [1.807, 2.05) is 4.90 Å². The molecule has 1 aliphatic rings. The van der Waals surface area contributed by atoms with E-state index < -0.39 is 11.9 Å². The number of carbonyl (C=O) groups excluding carboxylic acids is 3. The minimum atomic E-state index is -0.436. The van der Waals surface area contributed by atoms with Crippen LogP contribution >= 0.6 is 11.3 Å².